The van der Waals surface area contributed by atoms with E-state index < -0.39 is 10.0 Å². The summed E-state index contributed by atoms with van der Waals surface area (Å²) in [5.41, 5.74) is 6.02. The standard InChI is InChI=1S/C12H17N3O4S/c1-19-10-4-2-3-9(12(13)14-16)11(10)15-20(17,18)7-8-5-6-8/h2-4,8,15-16H,5-7H2,1H3,(H2,13,14). The summed E-state index contributed by atoms with van der Waals surface area (Å²) in [5.74, 6) is 0.414. The van der Waals surface area contributed by atoms with Gasteiger partial charge < -0.3 is 15.7 Å². The van der Waals surface area contributed by atoms with Crippen molar-refractivity contribution in [3.05, 3.63) is 23.8 Å². The highest BCUT2D eigenvalue weighted by Gasteiger charge is 2.29. The fraction of sp³-hybridized carbons (Fsp3) is 0.417. The highest BCUT2D eigenvalue weighted by atomic mass is 32.2. The van der Waals surface area contributed by atoms with E-state index in [2.05, 4.69) is 9.88 Å². The molecule has 1 fully saturated rings. The minimum absolute atomic E-state index is 0.0701. The fourth-order valence-electron chi connectivity index (χ4n) is 1.87. The predicted octanol–water partition coefficient (Wildman–Crippen LogP) is 0.941. The maximum atomic E-state index is 12.1. The van der Waals surface area contributed by atoms with Crippen molar-refractivity contribution in [1.29, 1.82) is 0 Å². The van der Waals surface area contributed by atoms with Crippen molar-refractivity contribution in [2.75, 3.05) is 17.6 Å². The van der Waals surface area contributed by atoms with Crippen LogP contribution in [0, 0.1) is 5.92 Å². The molecule has 1 aromatic rings. The first-order valence-electron chi connectivity index (χ1n) is 6.12. The van der Waals surface area contributed by atoms with E-state index in [4.69, 9.17) is 15.7 Å². The molecule has 0 radical (unpaired) electrons. The van der Waals surface area contributed by atoms with Gasteiger partial charge in [-0.15, -0.1) is 0 Å². The quantitative estimate of drug-likeness (QED) is 0.313. The normalized spacial score (nSPS) is 15.9. The highest BCUT2D eigenvalue weighted by Crippen LogP contribution is 2.33. The van der Waals surface area contributed by atoms with Crippen molar-refractivity contribution in [2.24, 2.45) is 16.8 Å². The summed E-state index contributed by atoms with van der Waals surface area (Å²) in [4.78, 5) is 0. The lowest BCUT2D eigenvalue weighted by molar-refractivity contribution is 0.318. The number of anilines is 1. The molecule has 1 aromatic carbocycles. The number of nitrogens with two attached hydrogens (primary N) is 1. The van der Waals surface area contributed by atoms with Gasteiger partial charge in [0.05, 0.1) is 12.9 Å². The van der Waals surface area contributed by atoms with Gasteiger partial charge in [-0.3, -0.25) is 4.72 Å². The Morgan fingerprint density at radius 2 is 2.25 bits per heavy atom. The smallest absolute Gasteiger partial charge is 0.233 e. The number of ether oxygens (including phenoxy) is 1. The maximum Gasteiger partial charge on any atom is 0.233 e. The number of nitrogens with zero attached hydrogens (tertiary/aromatic N) is 1. The summed E-state index contributed by atoms with van der Waals surface area (Å²) >= 11 is 0. The Bertz CT molecular complexity index is 624. The second-order valence-corrected chi connectivity index (χ2v) is 6.46. The lowest BCUT2D eigenvalue weighted by Gasteiger charge is -2.15. The fourth-order valence-corrected chi connectivity index (χ4v) is 3.42. The number of benzene rings is 1. The number of oxime groups is 1. The monoisotopic (exact) mass is 299 g/mol. The molecular weight excluding hydrogens is 282 g/mol. The lowest BCUT2D eigenvalue weighted by atomic mass is 10.1. The van der Waals surface area contributed by atoms with Crippen molar-refractivity contribution >= 4 is 21.5 Å². The molecule has 1 aliphatic rings. The predicted molar refractivity (Wildman–Crippen MR) is 75.6 cm³/mol. The molecule has 4 N–H and O–H groups in total. The highest BCUT2D eigenvalue weighted by molar-refractivity contribution is 7.92. The molecule has 0 aromatic heterocycles. The van der Waals surface area contributed by atoms with Gasteiger partial charge in [0.25, 0.3) is 0 Å². The van der Waals surface area contributed by atoms with Gasteiger partial charge in [-0.05, 0) is 30.9 Å². The number of para-hydroxylation sites is 1. The molecule has 0 bridgehead atoms. The first kappa shape index (κ1) is 14.4. The van der Waals surface area contributed by atoms with Gasteiger partial charge in [0.2, 0.25) is 10.0 Å². The molecular formula is C12H17N3O4S. The number of amidine groups is 1. The number of methoxy groups -OCH3 is 1. The van der Waals surface area contributed by atoms with Crippen molar-refractivity contribution < 1.29 is 18.4 Å². The third kappa shape index (κ3) is 3.32. The van der Waals surface area contributed by atoms with E-state index in [0.29, 0.717) is 5.75 Å². The van der Waals surface area contributed by atoms with E-state index >= 15 is 0 Å². The zero-order valence-electron chi connectivity index (χ0n) is 11.0. The molecule has 0 aliphatic heterocycles. The molecule has 0 unspecified atom stereocenters. The SMILES string of the molecule is COc1cccc(/C(N)=N/O)c1NS(=O)(=O)CC1CC1. The van der Waals surface area contributed by atoms with Gasteiger partial charge in [-0.25, -0.2) is 8.42 Å². The summed E-state index contributed by atoms with van der Waals surface area (Å²) < 4.78 is 31.7. The molecule has 0 atom stereocenters. The van der Waals surface area contributed by atoms with Crippen LogP contribution >= 0.6 is 0 Å². The second kappa shape index (κ2) is 5.58. The van der Waals surface area contributed by atoms with E-state index in [0.717, 1.165) is 12.8 Å². The van der Waals surface area contributed by atoms with E-state index in [1.807, 2.05) is 0 Å². The zero-order valence-corrected chi connectivity index (χ0v) is 11.9. The lowest BCUT2D eigenvalue weighted by Crippen LogP contribution is -2.22. The third-order valence-electron chi connectivity index (χ3n) is 3.04. The van der Waals surface area contributed by atoms with E-state index in [1.165, 1.54) is 7.11 Å². The van der Waals surface area contributed by atoms with Crippen LogP contribution < -0.4 is 15.2 Å². The van der Waals surface area contributed by atoms with Crippen molar-refractivity contribution in [3.63, 3.8) is 0 Å². The summed E-state index contributed by atoms with van der Waals surface area (Å²) in [6.07, 6.45) is 1.86. The zero-order chi connectivity index (χ0) is 14.8. The van der Waals surface area contributed by atoms with Crippen molar-refractivity contribution in [3.8, 4) is 5.75 Å². The number of hydrogen-bond acceptors (Lipinski definition) is 5. The number of hydrogen-bond donors (Lipinski definition) is 3. The van der Waals surface area contributed by atoms with E-state index in [1.54, 1.807) is 18.2 Å². The van der Waals surface area contributed by atoms with Gasteiger partial charge in [0.15, 0.2) is 5.84 Å². The largest absolute Gasteiger partial charge is 0.495 e. The van der Waals surface area contributed by atoms with Crippen molar-refractivity contribution in [1.82, 2.24) is 0 Å². The molecule has 0 heterocycles. The first-order valence-corrected chi connectivity index (χ1v) is 7.77. The molecule has 2 rings (SSSR count). The van der Waals surface area contributed by atoms with Gasteiger partial charge >= 0.3 is 0 Å². The average Bonchev–Trinajstić information content (AvgIpc) is 3.20. The summed E-state index contributed by atoms with van der Waals surface area (Å²) in [6.45, 7) is 0. The Balaban J connectivity index is 2.37. The molecule has 20 heavy (non-hydrogen) atoms. The van der Waals surface area contributed by atoms with Gasteiger partial charge in [0, 0.05) is 5.56 Å². The Morgan fingerprint density at radius 1 is 1.55 bits per heavy atom. The average molecular weight is 299 g/mol. The van der Waals surface area contributed by atoms with Crippen LogP contribution in [0.25, 0.3) is 0 Å². The topological polar surface area (TPSA) is 114 Å². The van der Waals surface area contributed by atoms with Crippen molar-refractivity contribution in [2.45, 2.75) is 12.8 Å². The van der Waals surface area contributed by atoms with Crippen LogP contribution in [0.3, 0.4) is 0 Å². The molecule has 8 heteroatoms. The van der Waals surface area contributed by atoms with Crippen LogP contribution in [-0.2, 0) is 10.0 Å². The maximum absolute atomic E-state index is 12.1. The minimum Gasteiger partial charge on any atom is -0.495 e. The van der Waals surface area contributed by atoms with E-state index in [9.17, 15) is 8.42 Å². The Hall–Kier alpha value is -1.96. The molecule has 7 nitrogen and oxygen atoms in total. The molecule has 0 amide bonds. The molecule has 0 spiro atoms. The summed E-state index contributed by atoms with van der Waals surface area (Å²) in [7, 11) is -2.07. The number of rotatable bonds is 6. The molecule has 1 saturated carbocycles. The number of nitrogens with one attached hydrogen (secondary N) is 1. The van der Waals surface area contributed by atoms with Crippen LogP contribution in [-0.4, -0.2) is 32.3 Å². The Labute approximate surface area is 117 Å². The third-order valence-corrected chi connectivity index (χ3v) is 4.46. The van der Waals surface area contributed by atoms with Gasteiger partial charge in [-0.1, -0.05) is 11.2 Å². The first-order chi connectivity index (χ1) is 9.46. The molecule has 1 aliphatic carbocycles. The molecule has 110 valence electrons. The van der Waals surface area contributed by atoms with Gasteiger partial charge in [-0.2, -0.15) is 0 Å². The summed E-state index contributed by atoms with van der Waals surface area (Å²) in [6, 6.07) is 4.78. The van der Waals surface area contributed by atoms with Crippen LogP contribution in [0.4, 0.5) is 5.69 Å². The Kier molecular flexibility index (Phi) is 4.03. The Morgan fingerprint density at radius 3 is 2.80 bits per heavy atom. The van der Waals surface area contributed by atoms with E-state index in [-0.39, 0.29) is 28.8 Å². The minimum atomic E-state index is -3.49. The molecule has 0 saturated heterocycles. The van der Waals surface area contributed by atoms with Crippen LogP contribution in [0.1, 0.15) is 18.4 Å². The summed E-state index contributed by atoms with van der Waals surface area (Å²) in [5, 5.41) is 11.7. The van der Waals surface area contributed by atoms with Crippen LogP contribution in [0.15, 0.2) is 23.4 Å². The van der Waals surface area contributed by atoms with Crippen LogP contribution in [0.5, 0.6) is 5.75 Å². The second-order valence-electron chi connectivity index (χ2n) is 4.69. The van der Waals surface area contributed by atoms with Gasteiger partial charge in [0.1, 0.15) is 11.4 Å². The number of sulfonamides is 1. The van der Waals surface area contributed by atoms with Crippen LogP contribution in [0.2, 0.25) is 0 Å².